The molecule has 1 aromatic carbocycles. The molecule has 3 rings (SSSR count). The normalized spacial score (nSPS) is 12.9. The first kappa shape index (κ1) is 7.44. The van der Waals surface area contributed by atoms with Crippen LogP contribution in [-0.4, -0.2) is 9.55 Å². The van der Waals surface area contributed by atoms with E-state index >= 15 is 0 Å². The molecule has 1 aliphatic rings. The van der Waals surface area contributed by atoms with Crippen LogP contribution in [0.5, 0.6) is 5.75 Å². The molecule has 1 aromatic heterocycles. The van der Waals surface area contributed by atoms with Crippen molar-refractivity contribution < 1.29 is 4.74 Å². The van der Waals surface area contributed by atoms with Gasteiger partial charge in [0.2, 0.25) is 0 Å². The van der Waals surface area contributed by atoms with Gasteiger partial charge in [-0.3, -0.25) is 4.57 Å². The summed E-state index contributed by atoms with van der Waals surface area (Å²) in [7, 11) is 0. The van der Waals surface area contributed by atoms with E-state index in [-0.39, 0.29) is 0 Å². The Hall–Kier alpha value is -1.97. The molecule has 4 nitrogen and oxygen atoms in total. The summed E-state index contributed by atoms with van der Waals surface area (Å²) in [6, 6.07) is 5.59. The lowest BCUT2D eigenvalue weighted by molar-refractivity contribution is 0.230. The Kier molecular flexibility index (Phi) is 1.33. The highest BCUT2D eigenvalue weighted by Crippen LogP contribution is 2.34. The fourth-order valence-corrected chi connectivity index (χ4v) is 1.64. The minimum absolute atomic E-state index is 0.520. The lowest BCUT2D eigenvalue weighted by atomic mass is 10.1. The van der Waals surface area contributed by atoms with Gasteiger partial charge in [0, 0.05) is 18.1 Å². The van der Waals surface area contributed by atoms with E-state index in [0.717, 1.165) is 22.8 Å². The van der Waals surface area contributed by atoms with Gasteiger partial charge in [0.25, 0.3) is 0 Å². The molecule has 0 bridgehead atoms. The van der Waals surface area contributed by atoms with Crippen molar-refractivity contribution >= 4 is 5.69 Å². The van der Waals surface area contributed by atoms with Gasteiger partial charge in [0.1, 0.15) is 11.6 Å². The zero-order valence-corrected chi connectivity index (χ0v) is 7.47. The van der Waals surface area contributed by atoms with Crippen LogP contribution in [0.3, 0.4) is 0 Å². The standard InChI is InChI=1S/C10H9N3O/c11-7-1-2-9-8(5-7)10-12-3-4-13(10)6-14-9/h1-5H,6,11H2. The molecule has 70 valence electrons. The minimum atomic E-state index is 0.520. The largest absolute Gasteiger partial charge is 0.472 e. The van der Waals surface area contributed by atoms with E-state index in [1.54, 1.807) is 6.20 Å². The fraction of sp³-hybridized carbons (Fsp3) is 0.100. The van der Waals surface area contributed by atoms with Crippen molar-refractivity contribution in [3.8, 4) is 17.1 Å². The summed E-state index contributed by atoms with van der Waals surface area (Å²) in [5.41, 5.74) is 7.40. The zero-order valence-electron chi connectivity index (χ0n) is 7.47. The van der Waals surface area contributed by atoms with Gasteiger partial charge in [-0.2, -0.15) is 0 Å². The molecule has 0 spiro atoms. The SMILES string of the molecule is Nc1ccc2c(c1)-c1nccn1CO2. The maximum atomic E-state index is 5.72. The average Bonchev–Trinajstić information content (AvgIpc) is 2.65. The van der Waals surface area contributed by atoms with Crippen LogP contribution in [0, 0.1) is 0 Å². The van der Waals surface area contributed by atoms with E-state index in [4.69, 9.17) is 10.5 Å². The van der Waals surface area contributed by atoms with Crippen LogP contribution < -0.4 is 10.5 Å². The third kappa shape index (κ3) is 0.907. The number of hydrogen-bond acceptors (Lipinski definition) is 3. The number of anilines is 1. The number of rotatable bonds is 0. The number of nitrogen functional groups attached to an aromatic ring is 1. The van der Waals surface area contributed by atoms with Gasteiger partial charge >= 0.3 is 0 Å². The first-order chi connectivity index (χ1) is 6.84. The molecule has 1 aliphatic heterocycles. The highest BCUT2D eigenvalue weighted by molar-refractivity contribution is 5.70. The number of ether oxygens (including phenoxy) is 1. The summed E-state index contributed by atoms with van der Waals surface area (Å²) >= 11 is 0. The summed E-state index contributed by atoms with van der Waals surface area (Å²) in [5.74, 6) is 1.76. The van der Waals surface area contributed by atoms with Gasteiger partial charge < -0.3 is 10.5 Å². The van der Waals surface area contributed by atoms with Crippen molar-refractivity contribution in [2.45, 2.75) is 6.73 Å². The number of fused-ring (bicyclic) bond motifs is 3. The second kappa shape index (κ2) is 2.51. The molecule has 0 aliphatic carbocycles. The molecule has 0 unspecified atom stereocenters. The molecular weight excluding hydrogens is 178 g/mol. The summed E-state index contributed by atoms with van der Waals surface area (Å²) in [4.78, 5) is 4.27. The van der Waals surface area contributed by atoms with Crippen molar-refractivity contribution in [1.82, 2.24) is 9.55 Å². The predicted molar refractivity (Wildman–Crippen MR) is 52.7 cm³/mol. The number of imidazole rings is 1. The maximum absolute atomic E-state index is 5.72. The van der Waals surface area contributed by atoms with Crippen LogP contribution in [0.1, 0.15) is 0 Å². The van der Waals surface area contributed by atoms with Crippen LogP contribution >= 0.6 is 0 Å². The van der Waals surface area contributed by atoms with Crippen molar-refractivity contribution in [2.24, 2.45) is 0 Å². The van der Waals surface area contributed by atoms with E-state index in [1.807, 2.05) is 29.0 Å². The second-order valence-electron chi connectivity index (χ2n) is 3.25. The first-order valence-corrected chi connectivity index (χ1v) is 4.38. The van der Waals surface area contributed by atoms with Crippen molar-refractivity contribution in [3.05, 3.63) is 30.6 Å². The van der Waals surface area contributed by atoms with Gasteiger partial charge in [-0.1, -0.05) is 0 Å². The van der Waals surface area contributed by atoms with Gasteiger partial charge in [-0.25, -0.2) is 4.98 Å². The topological polar surface area (TPSA) is 53.1 Å². The second-order valence-corrected chi connectivity index (χ2v) is 3.25. The Morgan fingerprint density at radius 2 is 2.36 bits per heavy atom. The number of benzene rings is 1. The molecule has 2 N–H and O–H groups in total. The highest BCUT2D eigenvalue weighted by Gasteiger charge is 2.17. The molecule has 0 saturated carbocycles. The Labute approximate surface area is 80.9 Å². The Morgan fingerprint density at radius 1 is 1.43 bits per heavy atom. The van der Waals surface area contributed by atoms with Gasteiger partial charge in [-0.05, 0) is 18.2 Å². The number of aromatic nitrogens is 2. The minimum Gasteiger partial charge on any atom is -0.472 e. The average molecular weight is 187 g/mol. The number of nitrogens with zero attached hydrogens (tertiary/aromatic N) is 2. The smallest absolute Gasteiger partial charge is 0.166 e. The Bertz CT molecular complexity index is 490. The molecule has 0 saturated heterocycles. The zero-order chi connectivity index (χ0) is 9.54. The number of hydrogen-bond donors (Lipinski definition) is 1. The van der Waals surface area contributed by atoms with Crippen LogP contribution in [0.25, 0.3) is 11.4 Å². The van der Waals surface area contributed by atoms with Crippen molar-refractivity contribution in [3.63, 3.8) is 0 Å². The van der Waals surface area contributed by atoms with Crippen LogP contribution in [0.4, 0.5) is 5.69 Å². The molecule has 0 amide bonds. The summed E-state index contributed by atoms with van der Waals surface area (Å²) in [5, 5.41) is 0. The van der Waals surface area contributed by atoms with Crippen LogP contribution in [0.2, 0.25) is 0 Å². The fourth-order valence-electron chi connectivity index (χ4n) is 1.64. The predicted octanol–water partition coefficient (Wildman–Crippen LogP) is 1.48. The molecule has 14 heavy (non-hydrogen) atoms. The lowest BCUT2D eigenvalue weighted by Crippen LogP contribution is -2.12. The van der Waals surface area contributed by atoms with Crippen molar-refractivity contribution in [2.75, 3.05) is 5.73 Å². The van der Waals surface area contributed by atoms with Gasteiger partial charge in [-0.15, -0.1) is 0 Å². The van der Waals surface area contributed by atoms with Gasteiger partial charge in [0.05, 0.1) is 5.56 Å². The molecule has 0 radical (unpaired) electrons. The van der Waals surface area contributed by atoms with Crippen LogP contribution in [-0.2, 0) is 6.73 Å². The van der Waals surface area contributed by atoms with Crippen molar-refractivity contribution in [1.29, 1.82) is 0 Å². The summed E-state index contributed by atoms with van der Waals surface area (Å²) in [6.45, 7) is 0.520. The quantitative estimate of drug-likeness (QED) is 0.635. The third-order valence-electron chi connectivity index (χ3n) is 2.32. The summed E-state index contributed by atoms with van der Waals surface area (Å²) in [6.07, 6.45) is 3.65. The van der Waals surface area contributed by atoms with Gasteiger partial charge in [0.15, 0.2) is 6.73 Å². The molecule has 4 heteroatoms. The maximum Gasteiger partial charge on any atom is 0.166 e. The monoisotopic (exact) mass is 187 g/mol. The van der Waals surface area contributed by atoms with E-state index in [2.05, 4.69) is 4.98 Å². The highest BCUT2D eigenvalue weighted by atomic mass is 16.5. The first-order valence-electron chi connectivity index (χ1n) is 4.38. The molecular formula is C10H9N3O. The molecule has 0 fully saturated rings. The summed E-state index contributed by atoms with van der Waals surface area (Å²) < 4.78 is 7.48. The molecule has 2 heterocycles. The van der Waals surface area contributed by atoms with Crippen LogP contribution in [0.15, 0.2) is 30.6 Å². The third-order valence-corrected chi connectivity index (χ3v) is 2.32. The lowest BCUT2D eigenvalue weighted by Gasteiger charge is -2.19. The van der Waals surface area contributed by atoms with E-state index in [9.17, 15) is 0 Å². The van der Waals surface area contributed by atoms with E-state index in [1.165, 1.54) is 0 Å². The van der Waals surface area contributed by atoms with E-state index < -0.39 is 0 Å². The molecule has 0 atom stereocenters. The van der Waals surface area contributed by atoms with E-state index in [0.29, 0.717) is 6.73 Å². The Balaban J connectivity index is 2.28. The Morgan fingerprint density at radius 3 is 3.29 bits per heavy atom. The number of nitrogens with two attached hydrogens (primary N) is 1. The molecule has 2 aromatic rings.